The van der Waals surface area contributed by atoms with Crippen LogP contribution < -0.4 is 9.62 Å². The molecule has 0 aliphatic heterocycles. The molecule has 196 valence electrons. The average Bonchev–Trinajstić information content (AvgIpc) is 2.85. The van der Waals surface area contributed by atoms with Crippen LogP contribution in [0.15, 0.2) is 76.1 Å². The number of nitrogens with zero attached hydrogens (tertiary/aromatic N) is 2. The van der Waals surface area contributed by atoms with Crippen LogP contribution in [0.2, 0.25) is 0 Å². The number of rotatable bonds is 9. The third-order valence-corrected chi connectivity index (χ3v) is 8.38. The quantitative estimate of drug-likeness (QED) is 0.393. The number of aryl methyl sites for hydroxylation is 3. The Kier molecular flexibility index (Phi) is 9.15. The van der Waals surface area contributed by atoms with Crippen LogP contribution >= 0.6 is 15.9 Å². The van der Waals surface area contributed by atoms with Crippen LogP contribution in [-0.2, 0) is 26.2 Å². The molecule has 37 heavy (non-hydrogen) atoms. The van der Waals surface area contributed by atoms with Crippen LogP contribution in [0.3, 0.4) is 0 Å². The van der Waals surface area contributed by atoms with Gasteiger partial charge in [0.15, 0.2) is 0 Å². The van der Waals surface area contributed by atoms with E-state index in [0.29, 0.717) is 5.69 Å². The van der Waals surface area contributed by atoms with Crippen LogP contribution in [0.1, 0.15) is 29.2 Å². The van der Waals surface area contributed by atoms with E-state index in [-0.39, 0.29) is 17.3 Å². The molecular formula is C28H32BrN3O4S. The van der Waals surface area contributed by atoms with Gasteiger partial charge in [0.05, 0.1) is 10.6 Å². The van der Waals surface area contributed by atoms with Crippen molar-refractivity contribution in [3.8, 4) is 0 Å². The topological polar surface area (TPSA) is 86.8 Å². The molecule has 1 unspecified atom stereocenters. The zero-order chi connectivity index (χ0) is 27.3. The zero-order valence-electron chi connectivity index (χ0n) is 21.7. The minimum absolute atomic E-state index is 0.0869. The lowest BCUT2D eigenvalue weighted by Gasteiger charge is -2.32. The maximum absolute atomic E-state index is 13.9. The second kappa shape index (κ2) is 11.9. The molecule has 1 atom stereocenters. The maximum atomic E-state index is 13.9. The van der Waals surface area contributed by atoms with Gasteiger partial charge in [0.25, 0.3) is 10.0 Å². The molecule has 1 N–H and O–H groups in total. The van der Waals surface area contributed by atoms with Crippen molar-refractivity contribution in [3.63, 3.8) is 0 Å². The van der Waals surface area contributed by atoms with E-state index < -0.39 is 28.5 Å². The number of carbonyl (C=O) groups excluding carboxylic acids is 2. The fourth-order valence-corrected chi connectivity index (χ4v) is 5.70. The van der Waals surface area contributed by atoms with Crippen molar-refractivity contribution < 1.29 is 18.0 Å². The second-order valence-corrected chi connectivity index (χ2v) is 11.9. The Morgan fingerprint density at radius 3 is 2.00 bits per heavy atom. The van der Waals surface area contributed by atoms with E-state index in [0.717, 1.165) is 31.0 Å². The number of hydrogen-bond acceptors (Lipinski definition) is 4. The zero-order valence-corrected chi connectivity index (χ0v) is 24.1. The van der Waals surface area contributed by atoms with Gasteiger partial charge in [-0.15, -0.1) is 0 Å². The van der Waals surface area contributed by atoms with Crippen molar-refractivity contribution in [1.82, 2.24) is 10.2 Å². The van der Waals surface area contributed by atoms with Gasteiger partial charge in [-0.05, 0) is 80.8 Å². The lowest BCUT2D eigenvalue weighted by Crippen LogP contribution is -2.50. The number of amides is 2. The van der Waals surface area contributed by atoms with Crippen LogP contribution in [0.4, 0.5) is 5.69 Å². The van der Waals surface area contributed by atoms with Crippen molar-refractivity contribution >= 4 is 43.5 Å². The van der Waals surface area contributed by atoms with Crippen molar-refractivity contribution in [3.05, 3.63) is 93.5 Å². The van der Waals surface area contributed by atoms with E-state index in [4.69, 9.17) is 0 Å². The number of nitrogens with one attached hydrogen (secondary N) is 1. The second-order valence-electron chi connectivity index (χ2n) is 9.11. The number of anilines is 1. The molecule has 0 spiro atoms. The molecule has 0 heterocycles. The molecule has 3 aromatic carbocycles. The Hall–Kier alpha value is -3.17. The molecule has 0 saturated heterocycles. The molecule has 0 aromatic heterocycles. The molecule has 7 nitrogen and oxygen atoms in total. The van der Waals surface area contributed by atoms with Gasteiger partial charge in [-0.1, -0.05) is 51.8 Å². The molecule has 0 radical (unpaired) electrons. The summed E-state index contributed by atoms with van der Waals surface area (Å²) < 4.78 is 29.7. The van der Waals surface area contributed by atoms with Crippen LogP contribution in [0, 0.1) is 20.8 Å². The number of likely N-dealkylation sites (N-methyl/N-ethyl adjacent to an activating group) is 1. The normalized spacial score (nSPS) is 12.1. The largest absolute Gasteiger partial charge is 0.357 e. The summed E-state index contributed by atoms with van der Waals surface area (Å²) in [5.41, 5.74) is 3.87. The van der Waals surface area contributed by atoms with Gasteiger partial charge in [0.1, 0.15) is 12.6 Å². The van der Waals surface area contributed by atoms with E-state index >= 15 is 0 Å². The lowest BCUT2D eigenvalue weighted by molar-refractivity contribution is -0.139. The van der Waals surface area contributed by atoms with Crippen LogP contribution in [0.25, 0.3) is 0 Å². The Balaban J connectivity index is 2.06. The fourth-order valence-electron chi connectivity index (χ4n) is 4.04. The Morgan fingerprint density at radius 2 is 1.46 bits per heavy atom. The fraction of sp³-hybridized carbons (Fsp3) is 0.286. The molecule has 0 aliphatic carbocycles. The van der Waals surface area contributed by atoms with Crippen LogP contribution in [0.5, 0.6) is 0 Å². The third-order valence-electron chi connectivity index (χ3n) is 6.06. The highest BCUT2D eigenvalue weighted by molar-refractivity contribution is 9.10. The molecular weight excluding hydrogens is 554 g/mol. The number of hydrogen-bond donors (Lipinski definition) is 1. The highest BCUT2D eigenvalue weighted by Gasteiger charge is 2.32. The minimum Gasteiger partial charge on any atom is -0.357 e. The van der Waals surface area contributed by atoms with Gasteiger partial charge < -0.3 is 10.2 Å². The first kappa shape index (κ1) is 28.4. The van der Waals surface area contributed by atoms with Gasteiger partial charge in [0, 0.05) is 18.1 Å². The highest BCUT2D eigenvalue weighted by atomic mass is 79.9. The summed E-state index contributed by atoms with van der Waals surface area (Å²) in [6.45, 7) is 6.95. The highest BCUT2D eigenvalue weighted by Crippen LogP contribution is 2.27. The van der Waals surface area contributed by atoms with Crippen molar-refractivity contribution in [2.24, 2.45) is 0 Å². The molecule has 0 bridgehead atoms. The molecule has 3 aromatic rings. The minimum atomic E-state index is -4.08. The monoisotopic (exact) mass is 585 g/mol. The standard InChI is InChI=1S/C28H32BrN3O4S/c1-19-6-12-26(13-7-19)37(35,36)32(25-15-20(2)14-21(3)16-25)18-27(33)31(22(4)28(34)30-5)17-23-8-10-24(29)11-9-23/h6-16,22H,17-18H2,1-5H3,(H,30,34). The number of carbonyl (C=O) groups is 2. The van der Waals surface area contributed by atoms with Crippen molar-refractivity contribution in [1.29, 1.82) is 0 Å². The first-order chi connectivity index (χ1) is 17.4. The van der Waals surface area contributed by atoms with E-state index in [9.17, 15) is 18.0 Å². The smallest absolute Gasteiger partial charge is 0.264 e. The van der Waals surface area contributed by atoms with Gasteiger partial charge >= 0.3 is 0 Å². The predicted molar refractivity (Wildman–Crippen MR) is 150 cm³/mol. The first-order valence-electron chi connectivity index (χ1n) is 11.9. The first-order valence-corrected chi connectivity index (χ1v) is 14.1. The Bertz CT molecular complexity index is 1350. The maximum Gasteiger partial charge on any atom is 0.264 e. The summed E-state index contributed by atoms with van der Waals surface area (Å²) in [5.74, 6) is -0.835. The molecule has 0 saturated carbocycles. The van der Waals surface area contributed by atoms with Crippen LogP contribution in [-0.4, -0.2) is 44.8 Å². The molecule has 0 aliphatic rings. The van der Waals surface area contributed by atoms with Crippen molar-refractivity contribution in [2.45, 2.75) is 45.2 Å². The number of halogens is 1. The summed E-state index contributed by atoms with van der Waals surface area (Å²) in [4.78, 5) is 27.8. The Labute approximate surface area is 227 Å². The van der Waals surface area contributed by atoms with Gasteiger partial charge in [-0.3, -0.25) is 13.9 Å². The summed E-state index contributed by atoms with van der Waals surface area (Å²) in [7, 11) is -2.58. The lowest BCUT2D eigenvalue weighted by atomic mass is 10.1. The summed E-state index contributed by atoms with van der Waals surface area (Å²) >= 11 is 3.40. The average molecular weight is 587 g/mol. The van der Waals surface area contributed by atoms with E-state index in [1.165, 1.54) is 24.1 Å². The third kappa shape index (κ3) is 6.99. The SMILES string of the molecule is CNC(=O)C(C)N(Cc1ccc(Br)cc1)C(=O)CN(c1cc(C)cc(C)c1)S(=O)(=O)c1ccc(C)cc1. The van der Waals surface area contributed by atoms with E-state index in [2.05, 4.69) is 21.2 Å². The molecule has 0 fully saturated rings. The number of sulfonamides is 1. The summed E-state index contributed by atoms with van der Waals surface area (Å²) in [6, 6.07) is 18.6. The van der Waals surface area contributed by atoms with E-state index in [1.807, 2.05) is 51.1 Å². The van der Waals surface area contributed by atoms with E-state index in [1.54, 1.807) is 31.2 Å². The van der Waals surface area contributed by atoms with Gasteiger partial charge in [-0.2, -0.15) is 0 Å². The van der Waals surface area contributed by atoms with Gasteiger partial charge in [0.2, 0.25) is 11.8 Å². The summed E-state index contributed by atoms with van der Waals surface area (Å²) in [6.07, 6.45) is 0. The predicted octanol–water partition coefficient (Wildman–Crippen LogP) is 4.73. The molecule has 9 heteroatoms. The number of benzene rings is 3. The van der Waals surface area contributed by atoms with Gasteiger partial charge in [-0.25, -0.2) is 8.42 Å². The van der Waals surface area contributed by atoms with Crippen molar-refractivity contribution in [2.75, 3.05) is 17.9 Å². The molecule has 3 rings (SSSR count). The molecule has 2 amide bonds. The summed E-state index contributed by atoms with van der Waals surface area (Å²) in [5, 5.41) is 2.58. The Morgan fingerprint density at radius 1 is 0.892 bits per heavy atom.